The third-order valence-corrected chi connectivity index (χ3v) is 6.35. The number of amides is 2. The molecule has 1 unspecified atom stereocenters. The molecule has 0 saturated carbocycles. The number of hydrogen-bond donors (Lipinski definition) is 2. The molecule has 3 aromatic heterocycles. The van der Waals surface area contributed by atoms with Gasteiger partial charge in [0, 0.05) is 43.3 Å². The van der Waals surface area contributed by atoms with Gasteiger partial charge in [0.05, 0.1) is 6.04 Å². The van der Waals surface area contributed by atoms with Crippen molar-refractivity contribution in [1.82, 2.24) is 29.5 Å². The number of piperidine rings is 1. The lowest BCUT2D eigenvalue weighted by Crippen LogP contribution is -2.38. The van der Waals surface area contributed by atoms with Gasteiger partial charge in [-0.15, -0.1) is 5.10 Å². The number of nitrogens with zero attached hydrogens (tertiary/aromatic N) is 6. The number of hydrogen-bond acceptors (Lipinski definition) is 7. The van der Waals surface area contributed by atoms with Crippen LogP contribution in [0.1, 0.15) is 48.4 Å². The zero-order valence-electron chi connectivity index (χ0n) is 20.6. The number of aromatic nitrogens is 5. The summed E-state index contributed by atoms with van der Waals surface area (Å²) in [5, 5.41) is 13.6. The predicted octanol–water partition coefficient (Wildman–Crippen LogP) is 3.56. The Morgan fingerprint density at radius 1 is 1.11 bits per heavy atom. The molecule has 2 amide bonds. The largest absolute Gasteiger partial charge is 0.371 e. The van der Waals surface area contributed by atoms with E-state index in [1.165, 1.54) is 0 Å². The molecule has 0 spiro atoms. The highest BCUT2D eigenvalue weighted by molar-refractivity contribution is 6.04. The molecule has 0 aliphatic carbocycles. The first-order valence-electron chi connectivity index (χ1n) is 12.1. The summed E-state index contributed by atoms with van der Waals surface area (Å²) in [6.45, 7) is 2.31. The van der Waals surface area contributed by atoms with Gasteiger partial charge >= 0.3 is 0 Å². The van der Waals surface area contributed by atoms with Crippen LogP contribution in [0, 0.1) is 11.8 Å². The highest BCUT2D eigenvalue weighted by atomic mass is 16.2. The Hall–Kier alpha value is -4.78. The monoisotopic (exact) mass is 494 g/mol. The van der Waals surface area contributed by atoms with Crippen molar-refractivity contribution >= 4 is 29.0 Å². The summed E-state index contributed by atoms with van der Waals surface area (Å²) in [4.78, 5) is 36.8. The first-order valence-corrected chi connectivity index (χ1v) is 12.1. The normalized spacial score (nSPS) is 15.1. The highest BCUT2D eigenvalue weighted by Gasteiger charge is 2.32. The fraction of sp³-hybridized carbons (Fsp3) is 0.259. The minimum absolute atomic E-state index is 0.188. The van der Waals surface area contributed by atoms with Crippen molar-refractivity contribution < 1.29 is 9.59 Å². The maximum Gasteiger partial charge on any atom is 0.299 e. The molecule has 37 heavy (non-hydrogen) atoms. The number of fused-ring (bicyclic) bond motifs is 1. The van der Waals surface area contributed by atoms with Crippen molar-refractivity contribution in [2.45, 2.75) is 32.2 Å². The Balaban J connectivity index is 1.54. The summed E-state index contributed by atoms with van der Waals surface area (Å²) in [6, 6.07) is 10.4. The summed E-state index contributed by atoms with van der Waals surface area (Å²) in [5.74, 6) is 6.75. The molecule has 1 aliphatic heterocycles. The molecule has 1 aromatic carbocycles. The minimum atomic E-state index is -0.284. The Morgan fingerprint density at radius 3 is 2.68 bits per heavy atom. The maximum atomic E-state index is 12.8. The van der Waals surface area contributed by atoms with E-state index in [-0.39, 0.29) is 17.9 Å². The van der Waals surface area contributed by atoms with Crippen LogP contribution in [0.25, 0.3) is 16.8 Å². The average molecular weight is 495 g/mol. The quantitative estimate of drug-likeness (QED) is 0.408. The van der Waals surface area contributed by atoms with Gasteiger partial charge in [0.1, 0.15) is 17.0 Å². The molecule has 1 fully saturated rings. The Morgan fingerprint density at radius 2 is 1.95 bits per heavy atom. The standard InChI is InChI=1S/C27H26N8O2/c1-3-7-22(36)34-16-5-4-8-20(34)26-32-23(24-25(28-2)29-15-17-35(24)26)18-10-12-19(13-11-18)27(37)31-21-9-6-14-30-33-21/h6,9-15,17,20H,4-5,8,16H2,1-2H3,(H,28,29)(H,31,33,37). The number of carbonyl (C=O) groups excluding carboxylic acids is 2. The number of anilines is 2. The van der Waals surface area contributed by atoms with Gasteiger partial charge in [-0.25, -0.2) is 9.97 Å². The van der Waals surface area contributed by atoms with Gasteiger partial charge < -0.3 is 15.5 Å². The van der Waals surface area contributed by atoms with Crippen molar-refractivity contribution in [3.63, 3.8) is 0 Å². The molecule has 186 valence electrons. The van der Waals surface area contributed by atoms with E-state index in [2.05, 4.69) is 37.7 Å². The lowest BCUT2D eigenvalue weighted by atomic mass is 10.0. The van der Waals surface area contributed by atoms with Crippen LogP contribution in [0.4, 0.5) is 11.6 Å². The summed E-state index contributed by atoms with van der Waals surface area (Å²) < 4.78 is 2.00. The van der Waals surface area contributed by atoms with Gasteiger partial charge in [-0.3, -0.25) is 14.0 Å². The number of likely N-dealkylation sites (tertiary alicyclic amines) is 1. The molecule has 4 heterocycles. The lowest BCUT2D eigenvalue weighted by molar-refractivity contribution is -0.129. The Kier molecular flexibility index (Phi) is 6.76. The van der Waals surface area contributed by atoms with Crippen LogP contribution in [0.2, 0.25) is 0 Å². The van der Waals surface area contributed by atoms with E-state index in [1.54, 1.807) is 43.6 Å². The van der Waals surface area contributed by atoms with Gasteiger partial charge in [0.2, 0.25) is 0 Å². The van der Waals surface area contributed by atoms with Crippen molar-refractivity contribution in [2.24, 2.45) is 0 Å². The van der Waals surface area contributed by atoms with E-state index >= 15 is 0 Å². The molecule has 1 saturated heterocycles. The number of nitrogens with one attached hydrogen (secondary N) is 2. The van der Waals surface area contributed by atoms with Gasteiger partial charge in [-0.1, -0.05) is 18.1 Å². The van der Waals surface area contributed by atoms with Crippen LogP contribution in [0.3, 0.4) is 0 Å². The SMILES string of the molecule is CC#CC(=O)N1CCCCC1c1nc(-c2ccc(C(=O)Nc3cccnn3)cc2)c2c(NC)nccn12. The maximum absolute atomic E-state index is 12.8. The van der Waals surface area contributed by atoms with Crippen LogP contribution in [0.15, 0.2) is 55.0 Å². The van der Waals surface area contributed by atoms with Crippen LogP contribution in [0.5, 0.6) is 0 Å². The molecule has 5 rings (SSSR count). The fourth-order valence-electron chi connectivity index (χ4n) is 4.64. The van der Waals surface area contributed by atoms with Crippen molar-refractivity contribution in [3.8, 4) is 23.1 Å². The lowest BCUT2D eigenvalue weighted by Gasteiger charge is -2.33. The number of imidazole rings is 1. The van der Waals surface area contributed by atoms with Crippen LogP contribution >= 0.6 is 0 Å². The number of rotatable bonds is 5. The molecular formula is C27H26N8O2. The molecule has 1 aliphatic rings. The zero-order valence-corrected chi connectivity index (χ0v) is 20.6. The average Bonchev–Trinajstić information content (AvgIpc) is 3.33. The molecular weight excluding hydrogens is 468 g/mol. The van der Waals surface area contributed by atoms with E-state index < -0.39 is 0 Å². The van der Waals surface area contributed by atoms with E-state index in [1.807, 2.05) is 34.7 Å². The predicted molar refractivity (Wildman–Crippen MR) is 140 cm³/mol. The summed E-state index contributed by atoms with van der Waals surface area (Å²) in [7, 11) is 1.81. The van der Waals surface area contributed by atoms with Gasteiger partial charge in [-0.2, -0.15) is 5.10 Å². The minimum Gasteiger partial charge on any atom is -0.371 e. The highest BCUT2D eigenvalue weighted by Crippen LogP contribution is 2.36. The Bertz CT molecular complexity index is 1500. The van der Waals surface area contributed by atoms with E-state index in [9.17, 15) is 9.59 Å². The first kappa shape index (κ1) is 23.9. The van der Waals surface area contributed by atoms with Crippen LogP contribution in [-0.4, -0.2) is 54.9 Å². The Labute approximate surface area is 214 Å². The topological polar surface area (TPSA) is 117 Å². The number of benzene rings is 1. The summed E-state index contributed by atoms with van der Waals surface area (Å²) >= 11 is 0. The van der Waals surface area contributed by atoms with Gasteiger partial charge in [0.25, 0.3) is 11.8 Å². The summed E-state index contributed by atoms with van der Waals surface area (Å²) in [5.41, 5.74) is 2.82. The molecule has 0 bridgehead atoms. The third-order valence-electron chi connectivity index (χ3n) is 6.35. The van der Waals surface area contributed by atoms with Gasteiger partial charge in [0.15, 0.2) is 11.6 Å². The van der Waals surface area contributed by atoms with Gasteiger partial charge in [-0.05, 0) is 56.4 Å². The molecule has 10 nitrogen and oxygen atoms in total. The van der Waals surface area contributed by atoms with E-state index in [0.29, 0.717) is 29.4 Å². The molecule has 4 aromatic rings. The molecule has 0 radical (unpaired) electrons. The molecule has 1 atom stereocenters. The summed E-state index contributed by atoms with van der Waals surface area (Å²) in [6.07, 6.45) is 7.86. The van der Waals surface area contributed by atoms with E-state index in [4.69, 9.17) is 4.98 Å². The van der Waals surface area contributed by atoms with E-state index in [0.717, 1.165) is 36.2 Å². The van der Waals surface area contributed by atoms with Crippen LogP contribution < -0.4 is 10.6 Å². The second-order valence-electron chi connectivity index (χ2n) is 8.59. The molecule has 2 N–H and O–H groups in total. The van der Waals surface area contributed by atoms with Crippen molar-refractivity contribution in [1.29, 1.82) is 0 Å². The smallest absolute Gasteiger partial charge is 0.299 e. The van der Waals surface area contributed by atoms with Crippen LogP contribution in [-0.2, 0) is 4.79 Å². The first-order chi connectivity index (χ1) is 18.1. The molecule has 10 heteroatoms. The third kappa shape index (κ3) is 4.71. The fourth-order valence-corrected chi connectivity index (χ4v) is 4.64. The second kappa shape index (κ2) is 10.5. The second-order valence-corrected chi connectivity index (χ2v) is 8.59. The zero-order chi connectivity index (χ0) is 25.8. The number of carbonyl (C=O) groups is 2. The van der Waals surface area contributed by atoms with Crippen molar-refractivity contribution in [3.05, 3.63) is 66.4 Å². The van der Waals surface area contributed by atoms with Crippen molar-refractivity contribution in [2.75, 3.05) is 24.2 Å².